The molecule has 0 spiro atoms. The van der Waals surface area contributed by atoms with Crippen LogP contribution in [-0.2, 0) is 0 Å². The van der Waals surface area contributed by atoms with Gasteiger partial charge in [-0.25, -0.2) is 4.39 Å². The number of hydrogen-bond donors (Lipinski definition) is 1. The minimum atomic E-state index is -0.876. The van der Waals surface area contributed by atoms with Gasteiger partial charge < -0.3 is 5.32 Å². The summed E-state index contributed by atoms with van der Waals surface area (Å²) in [6.07, 6.45) is 0.523. The number of halogens is 1. The summed E-state index contributed by atoms with van der Waals surface area (Å²) in [5, 5.41) is 12.6. The van der Waals surface area contributed by atoms with Crippen LogP contribution in [0.3, 0.4) is 0 Å². The van der Waals surface area contributed by atoms with Gasteiger partial charge in [0, 0.05) is 4.70 Å². The monoisotopic (exact) mass is 276 g/mol. The lowest BCUT2D eigenvalue weighted by Crippen LogP contribution is -2.43. The van der Waals surface area contributed by atoms with Crippen molar-refractivity contribution in [1.82, 2.24) is 5.32 Å². The molecule has 1 amide bonds. The lowest BCUT2D eigenvalue weighted by Gasteiger charge is -2.20. The van der Waals surface area contributed by atoms with Gasteiger partial charge in [-0.15, -0.1) is 11.3 Å². The van der Waals surface area contributed by atoms with Crippen LogP contribution in [0.5, 0.6) is 0 Å². The number of nitriles is 1. The van der Waals surface area contributed by atoms with E-state index in [2.05, 4.69) is 11.4 Å². The van der Waals surface area contributed by atoms with E-state index in [-0.39, 0.29) is 11.7 Å². The maximum absolute atomic E-state index is 13.1. The van der Waals surface area contributed by atoms with E-state index in [4.69, 9.17) is 5.26 Å². The third-order valence-electron chi connectivity index (χ3n) is 3.05. The molecule has 0 aliphatic rings. The lowest BCUT2D eigenvalue weighted by molar-refractivity contribution is 0.0927. The minimum Gasteiger partial charge on any atom is -0.333 e. The van der Waals surface area contributed by atoms with E-state index in [1.54, 1.807) is 19.1 Å². The van der Waals surface area contributed by atoms with Crippen molar-refractivity contribution in [3.8, 4) is 6.07 Å². The van der Waals surface area contributed by atoms with E-state index in [1.807, 2.05) is 6.92 Å². The zero-order chi connectivity index (χ0) is 14.0. The molecule has 0 radical (unpaired) electrons. The van der Waals surface area contributed by atoms with Gasteiger partial charge in [-0.3, -0.25) is 4.79 Å². The first-order valence-electron chi connectivity index (χ1n) is 5.90. The van der Waals surface area contributed by atoms with Gasteiger partial charge in [0.2, 0.25) is 0 Å². The standard InChI is InChI=1S/C14H13FN2OS/c1-3-14(2,8-16)17-13(18)12-6-9-4-5-10(15)7-11(9)19-12/h4-7H,3H2,1-2H3,(H,17,18). The van der Waals surface area contributed by atoms with Crippen molar-refractivity contribution in [3.63, 3.8) is 0 Å². The van der Waals surface area contributed by atoms with Crippen LogP contribution in [0.2, 0.25) is 0 Å². The molecule has 0 bridgehead atoms. The molecule has 0 fully saturated rings. The Morgan fingerprint density at radius 2 is 2.26 bits per heavy atom. The van der Waals surface area contributed by atoms with E-state index in [1.165, 1.54) is 23.5 Å². The van der Waals surface area contributed by atoms with Crippen molar-refractivity contribution >= 4 is 27.3 Å². The number of nitrogens with zero attached hydrogens (tertiary/aromatic N) is 1. The minimum absolute atomic E-state index is 0.299. The molecule has 0 aliphatic heterocycles. The number of nitrogens with one attached hydrogen (secondary N) is 1. The fraction of sp³-hybridized carbons (Fsp3) is 0.286. The summed E-state index contributed by atoms with van der Waals surface area (Å²) in [4.78, 5) is 12.6. The highest BCUT2D eigenvalue weighted by atomic mass is 32.1. The first-order chi connectivity index (χ1) is 8.97. The number of carbonyl (C=O) groups is 1. The van der Waals surface area contributed by atoms with Gasteiger partial charge in [0.15, 0.2) is 0 Å². The first kappa shape index (κ1) is 13.5. The first-order valence-corrected chi connectivity index (χ1v) is 6.72. The second-order valence-electron chi connectivity index (χ2n) is 4.54. The number of rotatable bonds is 3. The fourth-order valence-corrected chi connectivity index (χ4v) is 2.61. The highest BCUT2D eigenvalue weighted by Crippen LogP contribution is 2.26. The average Bonchev–Trinajstić information content (AvgIpc) is 2.81. The van der Waals surface area contributed by atoms with Gasteiger partial charge in [-0.05, 0) is 36.9 Å². The van der Waals surface area contributed by atoms with E-state index < -0.39 is 5.54 Å². The summed E-state index contributed by atoms with van der Waals surface area (Å²) in [5.74, 6) is -0.621. The Balaban J connectivity index is 2.30. The molecule has 98 valence electrons. The molecule has 1 heterocycles. The molecule has 2 aromatic rings. The van der Waals surface area contributed by atoms with Crippen molar-refractivity contribution < 1.29 is 9.18 Å². The largest absolute Gasteiger partial charge is 0.333 e. The Morgan fingerprint density at radius 1 is 1.53 bits per heavy atom. The zero-order valence-electron chi connectivity index (χ0n) is 10.7. The Morgan fingerprint density at radius 3 is 2.89 bits per heavy atom. The van der Waals surface area contributed by atoms with Gasteiger partial charge in [0.1, 0.15) is 11.4 Å². The molecular weight excluding hydrogens is 263 g/mol. The molecule has 3 nitrogen and oxygen atoms in total. The molecule has 1 aromatic heterocycles. The summed E-state index contributed by atoms with van der Waals surface area (Å²) in [5.41, 5.74) is -0.876. The smallest absolute Gasteiger partial charge is 0.262 e. The second-order valence-corrected chi connectivity index (χ2v) is 5.63. The predicted molar refractivity (Wildman–Crippen MR) is 73.6 cm³/mol. The number of benzene rings is 1. The molecule has 0 aliphatic carbocycles. The molecule has 1 atom stereocenters. The van der Waals surface area contributed by atoms with Crippen LogP contribution in [0.25, 0.3) is 10.1 Å². The highest BCUT2D eigenvalue weighted by molar-refractivity contribution is 7.20. The SMILES string of the molecule is CCC(C)(C#N)NC(=O)c1cc2ccc(F)cc2s1. The third kappa shape index (κ3) is 2.74. The Hall–Kier alpha value is -1.93. The van der Waals surface area contributed by atoms with E-state index in [0.29, 0.717) is 11.3 Å². The quantitative estimate of drug-likeness (QED) is 0.933. The van der Waals surface area contributed by atoms with Crippen LogP contribution < -0.4 is 5.32 Å². The van der Waals surface area contributed by atoms with E-state index in [0.717, 1.165) is 10.1 Å². The molecule has 19 heavy (non-hydrogen) atoms. The number of amides is 1. The Labute approximate surface area is 114 Å². The molecule has 1 unspecified atom stereocenters. The molecule has 0 saturated heterocycles. The topological polar surface area (TPSA) is 52.9 Å². The highest BCUT2D eigenvalue weighted by Gasteiger charge is 2.25. The fourth-order valence-electron chi connectivity index (χ4n) is 1.62. The summed E-state index contributed by atoms with van der Waals surface area (Å²) in [7, 11) is 0. The van der Waals surface area contributed by atoms with Crippen molar-refractivity contribution in [1.29, 1.82) is 5.26 Å². The molecule has 2 rings (SSSR count). The van der Waals surface area contributed by atoms with Crippen LogP contribution in [-0.4, -0.2) is 11.4 Å². The van der Waals surface area contributed by atoms with Crippen LogP contribution in [0.1, 0.15) is 29.9 Å². The summed E-state index contributed by atoms with van der Waals surface area (Å²) >= 11 is 1.22. The van der Waals surface area contributed by atoms with Crippen LogP contribution in [0, 0.1) is 17.1 Å². The van der Waals surface area contributed by atoms with Gasteiger partial charge in [-0.1, -0.05) is 13.0 Å². The summed E-state index contributed by atoms with van der Waals surface area (Å²) in [6.45, 7) is 3.52. The van der Waals surface area contributed by atoms with Crippen molar-refractivity contribution in [3.05, 3.63) is 35.0 Å². The molecule has 0 saturated carbocycles. The van der Waals surface area contributed by atoms with Gasteiger partial charge in [-0.2, -0.15) is 5.26 Å². The number of fused-ring (bicyclic) bond motifs is 1. The number of carbonyl (C=O) groups excluding carboxylic acids is 1. The van der Waals surface area contributed by atoms with E-state index >= 15 is 0 Å². The summed E-state index contributed by atoms with van der Waals surface area (Å²) in [6, 6.07) is 8.20. The average molecular weight is 276 g/mol. The maximum atomic E-state index is 13.1. The zero-order valence-corrected chi connectivity index (χ0v) is 11.5. The number of thiophene rings is 1. The second kappa shape index (κ2) is 4.98. The van der Waals surface area contributed by atoms with Gasteiger partial charge in [0.05, 0.1) is 10.9 Å². The van der Waals surface area contributed by atoms with Crippen LogP contribution >= 0.6 is 11.3 Å². The van der Waals surface area contributed by atoms with Crippen LogP contribution in [0.4, 0.5) is 4.39 Å². The summed E-state index contributed by atoms with van der Waals surface area (Å²) < 4.78 is 13.8. The van der Waals surface area contributed by atoms with Crippen molar-refractivity contribution in [2.45, 2.75) is 25.8 Å². The normalized spacial score (nSPS) is 13.8. The molecular formula is C14H13FN2OS. The van der Waals surface area contributed by atoms with Crippen molar-refractivity contribution in [2.75, 3.05) is 0 Å². The number of hydrogen-bond acceptors (Lipinski definition) is 3. The maximum Gasteiger partial charge on any atom is 0.262 e. The van der Waals surface area contributed by atoms with Gasteiger partial charge in [0.25, 0.3) is 5.91 Å². The van der Waals surface area contributed by atoms with Gasteiger partial charge >= 0.3 is 0 Å². The molecule has 1 N–H and O–H groups in total. The third-order valence-corrected chi connectivity index (χ3v) is 4.15. The Kier molecular flexibility index (Phi) is 3.54. The van der Waals surface area contributed by atoms with Crippen molar-refractivity contribution in [2.24, 2.45) is 0 Å². The Bertz CT molecular complexity index is 674. The van der Waals surface area contributed by atoms with E-state index in [9.17, 15) is 9.18 Å². The van der Waals surface area contributed by atoms with Crippen LogP contribution in [0.15, 0.2) is 24.3 Å². The lowest BCUT2D eigenvalue weighted by atomic mass is 10.0. The molecule has 1 aromatic carbocycles. The molecule has 5 heteroatoms. The predicted octanol–water partition coefficient (Wildman–Crippen LogP) is 3.46.